The van der Waals surface area contributed by atoms with Gasteiger partial charge in [-0.25, -0.2) is 0 Å². The Labute approximate surface area is 120 Å². The van der Waals surface area contributed by atoms with E-state index in [1.165, 1.54) is 7.11 Å². The molecule has 1 aliphatic heterocycles. The van der Waals surface area contributed by atoms with E-state index in [1.807, 2.05) is 30.3 Å². The number of morpholine rings is 1. The molecule has 3 atom stereocenters. The number of benzene rings is 1. The lowest BCUT2D eigenvalue weighted by Crippen LogP contribution is -2.47. The van der Waals surface area contributed by atoms with Gasteiger partial charge in [-0.1, -0.05) is 30.3 Å². The summed E-state index contributed by atoms with van der Waals surface area (Å²) < 4.78 is 10.7. The van der Waals surface area contributed by atoms with Crippen LogP contribution >= 0.6 is 0 Å². The number of carbonyl (C=O) groups excluding carboxylic acids is 1. The summed E-state index contributed by atoms with van der Waals surface area (Å²) in [5.41, 5.74) is 1.01. The second-order valence-corrected chi connectivity index (χ2v) is 5.46. The third-order valence-corrected chi connectivity index (χ3v) is 3.62. The van der Waals surface area contributed by atoms with Gasteiger partial charge in [0.05, 0.1) is 25.2 Å². The lowest BCUT2D eigenvalue weighted by Gasteiger charge is -2.36. The number of esters is 1. The zero-order chi connectivity index (χ0) is 14.5. The Morgan fingerprint density at radius 1 is 1.30 bits per heavy atom. The van der Waals surface area contributed by atoms with Gasteiger partial charge in [0, 0.05) is 19.6 Å². The summed E-state index contributed by atoms with van der Waals surface area (Å²) in [6.07, 6.45) is 0.403. The molecule has 0 aromatic heterocycles. The predicted octanol–water partition coefficient (Wildman–Crippen LogP) is 2.05. The molecule has 4 heteroatoms. The highest BCUT2D eigenvalue weighted by atomic mass is 16.5. The van der Waals surface area contributed by atoms with Gasteiger partial charge in [0.2, 0.25) is 0 Å². The average molecular weight is 277 g/mol. The van der Waals surface area contributed by atoms with Crippen molar-refractivity contribution in [1.82, 2.24) is 4.90 Å². The second-order valence-electron chi connectivity index (χ2n) is 5.46. The van der Waals surface area contributed by atoms with Crippen molar-refractivity contribution in [3.05, 3.63) is 35.9 Å². The number of nitrogens with zero attached hydrogens (tertiary/aromatic N) is 1. The van der Waals surface area contributed by atoms with E-state index < -0.39 is 0 Å². The van der Waals surface area contributed by atoms with Crippen molar-refractivity contribution in [3.8, 4) is 0 Å². The molecule has 1 unspecified atom stereocenters. The lowest BCUT2D eigenvalue weighted by atomic mass is 9.98. The third kappa shape index (κ3) is 3.81. The van der Waals surface area contributed by atoms with Crippen LogP contribution in [0.15, 0.2) is 30.3 Å². The zero-order valence-corrected chi connectivity index (χ0v) is 12.4. The molecule has 0 spiro atoms. The smallest absolute Gasteiger partial charge is 0.314 e. The molecule has 0 bridgehead atoms. The van der Waals surface area contributed by atoms with E-state index >= 15 is 0 Å². The fraction of sp³-hybridized carbons (Fsp3) is 0.562. The van der Waals surface area contributed by atoms with E-state index in [2.05, 4.69) is 18.7 Å². The van der Waals surface area contributed by atoms with Gasteiger partial charge in [-0.3, -0.25) is 9.69 Å². The molecule has 1 heterocycles. The van der Waals surface area contributed by atoms with Crippen molar-refractivity contribution < 1.29 is 14.3 Å². The zero-order valence-electron chi connectivity index (χ0n) is 12.4. The molecule has 1 saturated heterocycles. The molecule has 0 radical (unpaired) electrons. The maximum absolute atomic E-state index is 12.1. The normalized spacial score (nSPS) is 25.1. The van der Waals surface area contributed by atoms with Gasteiger partial charge in [-0.05, 0) is 19.4 Å². The Bertz CT molecular complexity index is 425. The number of methoxy groups -OCH3 is 1. The molecule has 0 saturated carbocycles. The maximum Gasteiger partial charge on any atom is 0.314 e. The fourth-order valence-electron chi connectivity index (χ4n) is 2.84. The van der Waals surface area contributed by atoms with E-state index in [0.717, 1.165) is 18.7 Å². The summed E-state index contributed by atoms with van der Waals surface area (Å²) in [4.78, 5) is 14.4. The number of carbonyl (C=O) groups is 1. The highest BCUT2D eigenvalue weighted by Gasteiger charge is 2.28. The highest BCUT2D eigenvalue weighted by Crippen LogP contribution is 2.21. The monoisotopic (exact) mass is 277 g/mol. The minimum Gasteiger partial charge on any atom is -0.469 e. The van der Waals surface area contributed by atoms with Gasteiger partial charge in [0.1, 0.15) is 0 Å². The summed E-state index contributed by atoms with van der Waals surface area (Å²) in [6, 6.07) is 9.83. The molecule has 0 N–H and O–H groups in total. The number of hydrogen-bond acceptors (Lipinski definition) is 4. The summed E-state index contributed by atoms with van der Waals surface area (Å²) in [6.45, 7) is 6.51. The Kier molecular flexibility index (Phi) is 5.15. The van der Waals surface area contributed by atoms with E-state index in [4.69, 9.17) is 9.47 Å². The van der Waals surface area contributed by atoms with Crippen LogP contribution in [0.1, 0.15) is 25.3 Å². The predicted molar refractivity (Wildman–Crippen MR) is 77.6 cm³/mol. The fourth-order valence-corrected chi connectivity index (χ4v) is 2.84. The standard InChI is InChI=1S/C16H23NO3/c1-12-9-17(10-13(2)20-12)11-15(16(18)19-3)14-7-5-4-6-8-14/h4-8,12-13,15H,9-11H2,1-3H3/t12-,13+,15?. The molecule has 1 aliphatic rings. The SMILES string of the molecule is COC(=O)C(CN1C[C@@H](C)O[C@@H](C)C1)c1ccccc1. The molecule has 0 amide bonds. The summed E-state index contributed by atoms with van der Waals surface area (Å²) >= 11 is 0. The summed E-state index contributed by atoms with van der Waals surface area (Å²) in [5, 5.41) is 0. The highest BCUT2D eigenvalue weighted by molar-refractivity contribution is 5.78. The molecule has 2 rings (SSSR count). The van der Waals surface area contributed by atoms with Crippen molar-refractivity contribution in [3.63, 3.8) is 0 Å². The van der Waals surface area contributed by atoms with Crippen LogP contribution in [0.3, 0.4) is 0 Å². The first-order chi connectivity index (χ1) is 9.60. The average Bonchev–Trinajstić information content (AvgIpc) is 2.44. The molecule has 0 aliphatic carbocycles. The topological polar surface area (TPSA) is 38.8 Å². The molecule has 1 aromatic carbocycles. The largest absolute Gasteiger partial charge is 0.469 e. The molecule has 1 fully saturated rings. The first-order valence-corrected chi connectivity index (χ1v) is 7.10. The number of ether oxygens (including phenoxy) is 2. The van der Waals surface area contributed by atoms with Gasteiger partial charge in [-0.15, -0.1) is 0 Å². The molecule has 4 nitrogen and oxygen atoms in total. The Hall–Kier alpha value is -1.39. The molecule has 20 heavy (non-hydrogen) atoms. The van der Waals surface area contributed by atoms with Crippen LogP contribution in [0.5, 0.6) is 0 Å². The minimum absolute atomic E-state index is 0.178. The van der Waals surface area contributed by atoms with Gasteiger partial charge in [0.25, 0.3) is 0 Å². The number of rotatable bonds is 4. The van der Waals surface area contributed by atoms with Crippen molar-refractivity contribution in [2.45, 2.75) is 32.0 Å². The van der Waals surface area contributed by atoms with Crippen LogP contribution in [0.2, 0.25) is 0 Å². The van der Waals surface area contributed by atoms with Crippen LogP contribution < -0.4 is 0 Å². The summed E-state index contributed by atoms with van der Waals surface area (Å²) in [7, 11) is 1.45. The molecule has 1 aromatic rings. The van der Waals surface area contributed by atoms with Gasteiger partial charge in [-0.2, -0.15) is 0 Å². The van der Waals surface area contributed by atoms with Crippen molar-refractivity contribution in [2.24, 2.45) is 0 Å². The van der Waals surface area contributed by atoms with Gasteiger partial charge >= 0.3 is 5.97 Å². The molecule has 110 valence electrons. The first kappa shape index (κ1) is 15.0. The van der Waals surface area contributed by atoms with Crippen LogP contribution in [-0.2, 0) is 14.3 Å². The van der Waals surface area contributed by atoms with Crippen molar-refractivity contribution in [1.29, 1.82) is 0 Å². The van der Waals surface area contributed by atoms with E-state index in [-0.39, 0.29) is 24.1 Å². The maximum atomic E-state index is 12.1. The first-order valence-electron chi connectivity index (χ1n) is 7.10. The van der Waals surface area contributed by atoms with Crippen LogP contribution in [0.4, 0.5) is 0 Å². The Balaban J connectivity index is 2.10. The lowest BCUT2D eigenvalue weighted by molar-refractivity contribution is -0.144. The van der Waals surface area contributed by atoms with Crippen LogP contribution in [0.25, 0.3) is 0 Å². The van der Waals surface area contributed by atoms with Crippen LogP contribution in [0, 0.1) is 0 Å². The van der Waals surface area contributed by atoms with E-state index in [0.29, 0.717) is 6.54 Å². The summed E-state index contributed by atoms with van der Waals surface area (Å²) in [5.74, 6) is -0.415. The molecular formula is C16H23NO3. The van der Waals surface area contributed by atoms with E-state index in [1.54, 1.807) is 0 Å². The second kappa shape index (κ2) is 6.86. The van der Waals surface area contributed by atoms with Gasteiger partial charge in [0.15, 0.2) is 0 Å². The van der Waals surface area contributed by atoms with Crippen molar-refractivity contribution in [2.75, 3.05) is 26.7 Å². The van der Waals surface area contributed by atoms with Crippen LogP contribution in [-0.4, -0.2) is 49.8 Å². The quantitative estimate of drug-likeness (QED) is 0.790. The Morgan fingerprint density at radius 2 is 1.90 bits per heavy atom. The third-order valence-electron chi connectivity index (χ3n) is 3.62. The van der Waals surface area contributed by atoms with E-state index in [9.17, 15) is 4.79 Å². The Morgan fingerprint density at radius 3 is 2.45 bits per heavy atom. The van der Waals surface area contributed by atoms with Crippen molar-refractivity contribution >= 4 is 5.97 Å². The van der Waals surface area contributed by atoms with Gasteiger partial charge < -0.3 is 9.47 Å². The minimum atomic E-state index is -0.237. The number of hydrogen-bond donors (Lipinski definition) is 0. The molecular weight excluding hydrogens is 254 g/mol.